The van der Waals surface area contributed by atoms with Gasteiger partial charge in [0.1, 0.15) is 5.82 Å². The van der Waals surface area contributed by atoms with Crippen LogP contribution < -0.4 is 5.32 Å². The summed E-state index contributed by atoms with van der Waals surface area (Å²) in [6.45, 7) is 7.69. The van der Waals surface area contributed by atoms with Crippen LogP contribution in [-0.2, 0) is 15.7 Å². The number of nitrogens with zero attached hydrogens (tertiary/aromatic N) is 2. The molecule has 1 unspecified atom stereocenters. The molecule has 0 fully saturated rings. The predicted octanol–water partition coefficient (Wildman–Crippen LogP) is 3.25. The van der Waals surface area contributed by atoms with Crippen LogP contribution in [0.25, 0.3) is 0 Å². The van der Waals surface area contributed by atoms with E-state index in [1.54, 1.807) is 19.1 Å². The standard InChI is InChI=1S/C15H19N3O2S/c1-14(2,3)11-16-13(21-18-11)17-15(4,12(19)20)10-8-6-5-7-9-10/h5-9H,1-4H3,(H,19,20)(H,16,17,18). The number of aromatic nitrogens is 2. The van der Waals surface area contributed by atoms with Crippen molar-refractivity contribution in [1.82, 2.24) is 9.36 Å². The summed E-state index contributed by atoms with van der Waals surface area (Å²) in [5.41, 5.74) is -0.733. The van der Waals surface area contributed by atoms with Gasteiger partial charge in [0, 0.05) is 16.9 Å². The monoisotopic (exact) mass is 305 g/mol. The Labute approximate surface area is 128 Å². The SMILES string of the molecule is CC(C)(C)c1nsc(NC(C)(C(=O)O)c2ccccc2)n1. The summed E-state index contributed by atoms with van der Waals surface area (Å²) in [4.78, 5) is 16.1. The van der Waals surface area contributed by atoms with Crippen molar-refractivity contribution in [1.29, 1.82) is 0 Å². The summed E-state index contributed by atoms with van der Waals surface area (Å²) in [6, 6.07) is 9.06. The quantitative estimate of drug-likeness (QED) is 0.907. The molecule has 0 aliphatic heterocycles. The second kappa shape index (κ2) is 5.44. The molecular weight excluding hydrogens is 286 g/mol. The average Bonchev–Trinajstić information content (AvgIpc) is 2.88. The highest BCUT2D eigenvalue weighted by molar-refractivity contribution is 7.09. The zero-order chi connectivity index (χ0) is 15.7. The van der Waals surface area contributed by atoms with E-state index in [2.05, 4.69) is 14.7 Å². The molecule has 1 aromatic carbocycles. The van der Waals surface area contributed by atoms with Crippen LogP contribution in [0, 0.1) is 0 Å². The number of hydrogen-bond acceptors (Lipinski definition) is 5. The molecule has 112 valence electrons. The minimum atomic E-state index is -1.24. The second-order valence-corrected chi connectivity index (χ2v) is 6.85. The smallest absolute Gasteiger partial charge is 0.333 e. The number of carboxylic acids is 1. The van der Waals surface area contributed by atoms with Crippen LogP contribution in [0.3, 0.4) is 0 Å². The summed E-state index contributed by atoms with van der Waals surface area (Å²) < 4.78 is 4.30. The molecular formula is C15H19N3O2S. The predicted molar refractivity (Wildman–Crippen MR) is 83.7 cm³/mol. The molecule has 0 aliphatic carbocycles. The molecule has 0 bridgehead atoms. The van der Waals surface area contributed by atoms with E-state index in [9.17, 15) is 9.90 Å². The molecule has 1 aromatic heterocycles. The highest BCUT2D eigenvalue weighted by Gasteiger charge is 2.36. The first-order valence-electron chi connectivity index (χ1n) is 6.65. The normalized spacial score (nSPS) is 14.5. The molecule has 2 rings (SSSR count). The van der Waals surface area contributed by atoms with E-state index in [1.165, 1.54) is 11.5 Å². The summed E-state index contributed by atoms with van der Waals surface area (Å²) in [6.07, 6.45) is 0. The highest BCUT2D eigenvalue weighted by Crippen LogP contribution is 2.29. The lowest BCUT2D eigenvalue weighted by Crippen LogP contribution is -2.40. The maximum atomic E-state index is 11.7. The molecule has 21 heavy (non-hydrogen) atoms. The van der Waals surface area contributed by atoms with Gasteiger partial charge in [0.15, 0.2) is 5.54 Å². The Bertz CT molecular complexity index is 634. The Hall–Kier alpha value is -1.95. The fourth-order valence-corrected chi connectivity index (χ4v) is 2.68. The minimum Gasteiger partial charge on any atom is -0.479 e. The molecule has 2 N–H and O–H groups in total. The second-order valence-electron chi connectivity index (χ2n) is 6.09. The summed E-state index contributed by atoms with van der Waals surface area (Å²) in [7, 11) is 0. The average molecular weight is 305 g/mol. The van der Waals surface area contributed by atoms with Gasteiger partial charge in [0.25, 0.3) is 0 Å². The van der Waals surface area contributed by atoms with Gasteiger partial charge in [-0.2, -0.15) is 4.37 Å². The molecule has 1 atom stereocenters. The van der Waals surface area contributed by atoms with Crippen LogP contribution >= 0.6 is 11.5 Å². The van der Waals surface area contributed by atoms with Crippen LogP contribution in [0.1, 0.15) is 39.1 Å². The van der Waals surface area contributed by atoms with Crippen LogP contribution in [0.4, 0.5) is 5.13 Å². The summed E-state index contributed by atoms with van der Waals surface area (Å²) in [5, 5.41) is 13.1. The third-order valence-corrected chi connectivity index (χ3v) is 3.86. The van der Waals surface area contributed by atoms with Gasteiger partial charge < -0.3 is 10.4 Å². The fraction of sp³-hybridized carbons (Fsp3) is 0.400. The molecule has 5 nitrogen and oxygen atoms in total. The molecule has 6 heteroatoms. The number of hydrogen-bond donors (Lipinski definition) is 2. The highest BCUT2D eigenvalue weighted by atomic mass is 32.1. The molecule has 0 saturated heterocycles. The van der Waals surface area contributed by atoms with Crippen LogP contribution in [0.5, 0.6) is 0 Å². The number of anilines is 1. The van der Waals surface area contributed by atoms with Gasteiger partial charge in [0.05, 0.1) is 0 Å². The van der Waals surface area contributed by atoms with Gasteiger partial charge in [-0.15, -0.1) is 0 Å². The summed E-state index contributed by atoms with van der Waals surface area (Å²) >= 11 is 1.18. The Morgan fingerprint density at radius 2 is 1.81 bits per heavy atom. The maximum absolute atomic E-state index is 11.7. The first-order valence-corrected chi connectivity index (χ1v) is 7.42. The van der Waals surface area contributed by atoms with Crippen LogP contribution in [0.15, 0.2) is 30.3 Å². The van der Waals surface area contributed by atoms with E-state index in [0.717, 1.165) is 0 Å². The Balaban J connectivity index is 2.34. The van der Waals surface area contributed by atoms with E-state index in [1.807, 2.05) is 39.0 Å². The Kier molecular flexibility index (Phi) is 4.00. The third-order valence-electron chi connectivity index (χ3n) is 3.23. The zero-order valence-electron chi connectivity index (χ0n) is 12.5. The lowest BCUT2D eigenvalue weighted by molar-refractivity contribution is -0.142. The maximum Gasteiger partial charge on any atom is 0.333 e. The lowest BCUT2D eigenvalue weighted by Gasteiger charge is -2.26. The van der Waals surface area contributed by atoms with Crippen molar-refractivity contribution in [2.75, 3.05) is 5.32 Å². The Morgan fingerprint density at radius 3 is 2.29 bits per heavy atom. The molecule has 0 spiro atoms. The number of carbonyl (C=O) groups is 1. The topological polar surface area (TPSA) is 75.1 Å². The van der Waals surface area contributed by atoms with Gasteiger partial charge >= 0.3 is 5.97 Å². The van der Waals surface area contributed by atoms with Crippen LogP contribution in [0.2, 0.25) is 0 Å². The lowest BCUT2D eigenvalue weighted by atomic mass is 9.92. The first-order chi connectivity index (χ1) is 9.73. The fourth-order valence-electron chi connectivity index (χ4n) is 1.81. The van der Waals surface area contributed by atoms with E-state index in [0.29, 0.717) is 16.5 Å². The molecule has 2 aromatic rings. The van der Waals surface area contributed by atoms with Crippen LogP contribution in [-0.4, -0.2) is 20.4 Å². The van der Waals surface area contributed by atoms with Crippen molar-refractivity contribution >= 4 is 22.6 Å². The van der Waals surface area contributed by atoms with E-state index in [4.69, 9.17) is 0 Å². The van der Waals surface area contributed by atoms with Gasteiger partial charge in [-0.3, -0.25) is 0 Å². The van der Waals surface area contributed by atoms with E-state index < -0.39 is 11.5 Å². The Morgan fingerprint density at radius 1 is 1.19 bits per heavy atom. The van der Waals surface area contributed by atoms with Gasteiger partial charge in [-0.05, 0) is 12.5 Å². The van der Waals surface area contributed by atoms with Gasteiger partial charge in [0.2, 0.25) is 5.13 Å². The minimum absolute atomic E-state index is 0.164. The van der Waals surface area contributed by atoms with E-state index in [-0.39, 0.29) is 5.41 Å². The van der Waals surface area contributed by atoms with Crippen molar-refractivity contribution in [3.05, 3.63) is 41.7 Å². The van der Waals surface area contributed by atoms with Crippen molar-refractivity contribution in [3.8, 4) is 0 Å². The molecule has 1 heterocycles. The van der Waals surface area contributed by atoms with Crippen molar-refractivity contribution in [2.24, 2.45) is 0 Å². The molecule has 0 saturated carbocycles. The van der Waals surface area contributed by atoms with E-state index >= 15 is 0 Å². The van der Waals surface area contributed by atoms with Crippen molar-refractivity contribution < 1.29 is 9.90 Å². The number of aliphatic carboxylic acids is 1. The number of nitrogens with one attached hydrogen (secondary N) is 1. The largest absolute Gasteiger partial charge is 0.479 e. The molecule has 0 radical (unpaired) electrons. The first kappa shape index (κ1) is 15.4. The number of rotatable bonds is 4. The third kappa shape index (κ3) is 3.21. The van der Waals surface area contributed by atoms with Gasteiger partial charge in [-0.1, -0.05) is 51.1 Å². The summed E-state index contributed by atoms with van der Waals surface area (Å²) in [5.74, 6) is -0.253. The number of carboxylic acid groups (broad SMARTS) is 1. The van der Waals surface area contributed by atoms with Crippen molar-refractivity contribution in [3.63, 3.8) is 0 Å². The molecule has 0 amide bonds. The van der Waals surface area contributed by atoms with Crippen molar-refractivity contribution in [2.45, 2.75) is 38.6 Å². The van der Waals surface area contributed by atoms with Gasteiger partial charge in [-0.25, -0.2) is 9.78 Å². The number of benzene rings is 1. The molecule has 0 aliphatic rings. The zero-order valence-corrected chi connectivity index (χ0v) is 13.4.